The Labute approximate surface area is 163 Å². The highest BCUT2D eigenvalue weighted by Crippen LogP contribution is 2.41. The molecule has 2 amide bonds. The lowest BCUT2D eigenvalue weighted by Gasteiger charge is -2.35. The lowest BCUT2D eigenvalue weighted by molar-refractivity contribution is -0.134. The SMILES string of the molecule is O=C(Nc1ccccc1Cl)C1CC1C(=O)N1CCN(c2ccccn2)CC1. The van der Waals surface area contributed by atoms with E-state index >= 15 is 0 Å². The minimum absolute atomic E-state index is 0.0787. The molecule has 6 nitrogen and oxygen atoms in total. The molecule has 1 saturated carbocycles. The van der Waals surface area contributed by atoms with Crippen molar-refractivity contribution < 1.29 is 9.59 Å². The lowest BCUT2D eigenvalue weighted by atomic mass is 10.2. The maximum atomic E-state index is 12.7. The molecule has 1 aliphatic heterocycles. The van der Waals surface area contributed by atoms with Crippen LogP contribution in [0, 0.1) is 11.8 Å². The second-order valence-electron chi connectivity index (χ2n) is 6.92. The number of aromatic nitrogens is 1. The van der Waals surface area contributed by atoms with Gasteiger partial charge < -0.3 is 15.1 Å². The summed E-state index contributed by atoms with van der Waals surface area (Å²) in [5.74, 6) is 0.410. The second kappa shape index (κ2) is 7.56. The average molecular weight is 385 g/mol. The number of nitrogens with zero attached hydrogens (tertiary/aromatic N) is 3. The summed E-state index contributed by atoms with van der Waals surface area (Å²) in [5.41, 5.74) is 0.589. The zero-order chi connectivity index (χ0) is 18.8. The number of amides is 2. The number of carbonyl (C=O) groups excluding carboxylic acids is 2. The molecule has 0 spiro atoms. The first-order chi connectivity index (χ1) is 13.1. The van der Waals surface area contributed by atoms with Gasteiger partial charge in [-0.3, -0.25) is 9.59 Å². The number of nitrogens with one attached hydrogen (secondary N) is 1. The number of halogens is 1. The van der Waals surface area contributed by atoms with Crippen molar-refractivity contribution in [2.45, 2.75) is 6.42 Å². The largest absolute Gasteiger partial charge is 0.353 e. The van der Waals surface area contributed by atoms with Gasteiger partial charge in [0, 0.05) is 32.4 Å². The Morgan fingerprint density at radius 3 is 2.44 bits per heavy atom. The molecule has 4 rings (SSSR count). The van der Waals surface area contributed by atoms with Crippen LogP contribution in [0.15, 0.2) is 48.7 Å². The van der Waals surface area contributed by atoms with E-state index in [1.807, 2.05) is 35.2 Å². The second-order valence-corrected chi connectivity index (χ2v) is 7.33. The standard InChI is InChI=1S/C20H21ClN4O2/c21-16-5-1-2-6-17(16)23-19(26)14-13-15(14)20(27)25-11-9-24(10-12-25)18-7-3-4-8-22-18/h1-8,14-15H,9-13H2,(H,23,26). The predicted octanol–water partition coefficient (Wildman–Crippen LogP) is 2.66. The highest BCUT2D eigenvalue weighted by atomic mass is 35.5. The highest BCUT2D eigenvalue weighted by molar-refractivity contribution is 6.33. The van der Waals surface area contributed by atoms with Crippen LogP contribution >= 0.6 is 11.6 Å². The maximum absolute atomic E-state index is 12.7. The topological polar surface area (TPSA) is 65.5 Å². The van der Waals surface area contributed by atoms with Gasteiger partial charge in [-0.25, -0.2) is 4.98 Å². The van der Waals surface area contributed by atoms with Crippen LogP contribution in [0.4, 0.5) is 11.5 Å². The number of carbonyl (C=O) groups is 2. The third-order valence-corrected chi connectivity index (χ3v) is 5.47. The van der Waals surface area contributed by atoms with E-state index in [2.05, 4.69) is 15.2 Å². The number of hydrogen-bond acceptors (Lipinski definition) is 4. The van der Waals surface area contributed by atoms with E-state index < -0.39 is 0 Å². The van der Waals surface area contributed by atoms with E-state index in [1.165, 1.54) is 0 Å². The molecule has 1 aromatic carbocycles. The summed E-state index contributed by atoms with van der Waals surface area (Å²) in [6, 6.07) is 13.0. The van der Waals surface area contributed by atoms with Gasteiger partial charge in [0.05, 0.1) is 22.5 Å². The monoisotopic (exact) mass is 384 g/mol. The fourth-order valence-corrected chi connectivity index (χ4v) is 3.66. The first-order valence-corrected chi connectivity index (χ1v) is 9.51. The molecule has 1 N–H and O–H groups in total. The molecule has 2 fully saturated rings. The average Bonchev–Trinajstić information content (AvgIpc) is 3.51. The molecule has 2 heterocycles. The molecule has 1 aliphatic carbocycles. The molecule has 2 atom stereocenters. The van der Waals surface area contributed by atoms with Crippen LogP contribution in [0.1, 0.15) is 6.42 Å². The van der Waals surface area contributed by atoms with Gasteiger partial charge in [-0.1, -0.05) is 29.8 Å². The van der Waals surface area contributed by atoms with E-state index in [0.29, 0.717) is 30.2 Å². The Kier molecular flexibility index (Phi) is 4.99. The van der Waals surface area contributed by atoms with E-state index in [9.17, 15) is 9.59 Å². The maximum Gasteiger partial charge on any atom is 0.228 e. The Balaban J connectivity index is 1.29. The first kappa shape index (κ1) is 17.8. The van der Waals surface area contributed by atoms with Gasteiger partial charge in [0.25, 0.3) is 0 Å². The van der Waals surface area contributed by atoms with Crippen LogP contribution in [0.25, 0.3) is 0 Å². The van der Waals surface area contributed by atoms with Crippen molar-refractivity contribution in [1.29, 1.82) is 0 Å². The molecule has 0 bridgehead atoms. The molecule has 2 aromatic rings. The van der Waals surface area contributed by atoms with E-state index in [4.69, 9.17) is 11.6 Å². The van der Waals surface area contributed by atoms with E-state index in [1.54, 1.807) is 18.3 Å². The van der Waals surface area contributed by atoms with E-state index in [0.717, 1.165) is 18.9 Å². The van der Waals surface area contributed by atoms with Gasteiger partial charge in [0.15, 0.2) is 0 Å². The van der Waals surface area contributed by atoms with Gasteiger partial charge in [-0.2, -0.15) is 0 Å². The first-order valence-electron chi connectivity index (χ1n) is 9.13. The molecule has 7 heteroatoms. The predicted molar refractivity (Wildman–Crippen MR) is 105 cm³/mol. The number of rotatable bonds is 4. The summed E-state index contributed by atoms with van der Waals surface area (Å²) in [4.78, 5) is 33.5. The highest BCUT2D eigenvalue weighted by Gasteiger charge is 2.49. The fraction of sp³-hybridized carbons (Fsp3) is 0.350. The molecule has 2 aliphatic rings. The number of para-hydroxylation sites is 1. The number of pyridine rings is 1. The number of anilines is 2. The molecule has 140 valence electrons. The van der Waals surface area contributed by atoms with E-state index in [-0.39, 0.29) is 23.7 Å². The van der Waals surface area contributed by atoms with Crippen LogP contribution in [0.3, 0.4) is 0 Å². The number of piperazine rings is 1. The Morgan fingerprint density at radius 1 is 1.00 bits per heavy atom. The van der Waals surface area contributed by atoms with Crippen LogP contribution in [0.2, 0.25) is 5.02 Å². The van der Waals surface area contributed by atoms with Crippen molar-refractivity contribution >= 4 is 34.9 Å². The molecular weight excluding hydrogens is 364 g/mol. The van der Waals surface area contributed by atoms with Crippen LogP contribution in [-0.4, -0.2) is 47.9 Å². The van der Waals surface area contributed by atoms with Gasteiger partial charge in [-0.05, 0) is 30.7 Å². The van der Waals surface area contributed by atoms with Gasteiger partial charge in [0.2, 0.25) is 11.8 Å². The van der Waals surface area contributed by atoms with Crippen molar-refractivity contribution in [3.63, 3.8) is 0 Å². The van der Waals surface area contributed by atoms with Gasteiger partial charge >= 0.3 is 0 Å². The smallest absolute Gasteiger partial charge is 0.228 e. The summed E-state index contributed by atoms with van der Waals surface area (Å²) in [5, 5.41) is 3.33. The van der Waals surface area contributed by atoms with Crippen molar-refractivity contribution in [3.8, 4) is 0 Å². The molecular formula is C20H21ClN4O2. The van der Waals surface area contributed by atoms with Gasteiger partial charge in [0.1, 0.15) is 5.82 Å². The summed E-state index contributed by atoms with van der Waals surface area (Å²) >= 11 is 6.08. The van der Waals surface area contributed by atoms with Crippen LogP contribution in [-0.2, 0) is 9.59 Å². The van der Waals surface area contributed by atoms with Gasteiger partial charge in [-0.15, -0.1) is 0 Å². The Bertz CT molecular complexity index is 837. The zero-order valence-corrected chi connectivity index (χ0v) is 15.6. The molecule has 1 saturated heterocycles. The third-order valence-electron chi connectivity index (χ3n) is 5.14. The number of benzene rings is 1. The minimum atomic E-state index is -0.261. The van der Waals surface area contributed by atoms with Crippen LogP contribution < -0.4 is 10.2 Å². The van der Waals surface area contributed by atoms with Crippen molar-refractivity contribution in [1.82, 2.24) is 9.88 Å². The minimum Gasteiger partial charge on any atom is -0.353 e. The lowest BCUT2D eigenvalue weighted by Crippen LogP contribution is -2.49. The van der Waals surface area contributed by atoms with Crippen molar-refractivity contribution in [2.24, 2.45) is 11.8 Å². The fourth-order valence-electron chi connectivity index (χ4n) is 3.48. The summed E-state index contributed by atoms with van der Waals surface area (Å²) in [6.45, 7) is 2.83. The number of hydrogen-bond donors (Lipinski definition) is 1. The summed E-state index contributed by atoms with van der Waals surface area (Å²) in [7, 11) is 0. The summed E-state index contributed by atoms with van der Waals surface area (Å²) < 4.78 is 0. The van der Waals surface area contributed by atoms with Crippen molar-refractivity contribution in [2.75, 3.05) is 36.4 Å². The Morgan fingerprint density at radius 2 is 1.74 bits per heavy atom. The van der Waals surface area contributed by atoms with Crippen LogP contribution in [0.5, 0.6) is 0 Å². The van der Waals surface area contributed by atoms with Crippen molar-refractivity contribution in [3.05, 3.63) is 53.7 Å². The normalized spacial score (nSPS) is 21.7. The molecule has 0 radical (unpaired) electrons. The summed E-state index contributed by atoms with van der Waals surface area (Å²) in [6.07, 6.45) is 2.38. The molecule has 27 heavy (non-hydrogen) atoms. The Hall–Kier alpha value is -2.60. The zero-order valence-electron chi connectivity index (χ0n) is 14.8. The quantitative estimate of drug-likeness (QED) is 0.880. The molecule has 1 aromatic heterocycles. The molecule has 2 unspecified atom stereocenters. The third kappa shape index (κ3) is 3.90.